The third-order valence-corrected chi connectivity index (χ3v) is 1.61. The van der Waals surface area contributed by atoms with Gasteiger partial charge in [-0.15, -0.1) is 0 Å². The highest BCUT2D eigenvalue weighted by Crippen LogP contribution is 2.14. The maximum Gasteiger partial charge on any atom is 0.227 e. The summed E-state index contributed by atoms with van der Waals surface area (Å²) >= 11 is 5.62. The predicted molar refractivity (Wildman–Crippen MR) is 50.3 cm³/mol. The van der Waals surface area contributed by atoms with Crippen molar-refractivity contribution < 1.29 is 0 Å². The Balaban J connectivity index is 2.52. The Hall–Kier alpha value is -1.82. The van der Waals surface area contributed by atoms with E-state index >= 15 is 0 Å². The first-order valence-electron chi connectivity index (χ1n) is 3.68. The lowest BCUT2D eigenvalue weighted by molar-refractivity contribution is 1.06. The lowest BCUT2D eigenvalue weighted by Gasteiger charge is -1.99. The van der Waals surface area contributed by atoms with Crippen LogP contribution in [0.15, 0.2) is 18.7 Å². The van der Waals surface area contributed by atoms with E-state index in [1.165, 1.54) is 6.33 Å². The molecule has 0 spiro atoms. The van der Waals surface area contributed by atoms with Crippen molar-refractivity contribution in [3.63, 3.8) is 0 Å². The summed E-state index contributed by atoms with van der Waals surface area (Å²) in [5.74, 6) is 0.437. The maximum absolute atomic E-state index is 5.62. The highest BCUT2D eigenvalue weighted by atomic mass is 35.5. The fourth-order valence-corrected chi connectivity index (χ4v) is 1.08. The molecular weight excluding hydrogens is 204 g/mol. The number of anilines is 1. The number of nitrogens with two attached hydrogens (primary N) is 1. The van der Waals surface area contributed by atoms with Crippen LogP contribution in [0.25, 0.3) is 11.4 Å². The Morgan fingerprint density at radius 2 is 1.79 bits per heavy atom. The van der Waals surface area contributed by atoms with Crippen LogP contribution < -0.4 is 5.73 Å². The Morgan fingerprint density at radius 1 is 1.07 bits per heavy atom. The van der Waals surface area contributed by atoms with Crippen molar-refractivity contribution in [2.75, 3.05) is 5.73 Å². The van der Waals surface area contributed by atoms with E-state index in [1.54, 1.807) is 12.4 Å². The van der Waals surface area contributed by atoms with Gasteiger partial charge in [0.15, 0.2) is 5.82 Å². The molecule has 2 rings (SSSR count). The highest BCUT2D eigenvalue weighted by Gasteiger charge is 2.04. The van der Waals surface area contributed by atoms with Gasteiger partial charge in [0.05, 0.1) is 5.56 Å². The Kier molecular flexibility index (Phi) is 2.19. The molecule has 2 aromatic rings. The molecule has 0 aromatic carbocycles. The second kappa shape index (κ2) is 3.51. The topological polar surface area (TPSA) is 90.5 Å². The summed E-state index contributed by atoms with van der Waals surface area (Å²) in [6.07, 6.45) is 4.55. The van der Waals surface area contributed by atoms with Crippen LogP contribution in [0, 0.1) is 0 Å². The van der Waals surface area contributed by atoms with Crippen LogP contribution in [0.4, 0.5) is 5.95 Å². The first-order chi connectivity index (χ1) is 6.75. The van der Waals surface area contributed by atoms with Crippen LogP contribution in [-0.2, 0) is 0 Å². The van der Waals surface area contributed by atoms with Gasteiger partial charge in [-0.25, -0.2) is 9.97 Å². The molecule has 0 atom stereocenters. The summed E-state index contributed by atoms with van der Waals surface area (Å²) < 4.78 is 0. The molecule has 0 saturated heterocycles. The minimum Gasteiger partial charge on any atom is -0.368 e. The maximum atomic E-state index is 5.62. The van der Waals surface area contributed by atoms with Crippen LogP contribution >= 0.6 is 11.6 Å². The van der Waals surface area contributed by atoms with Gasteiger partial charge in [0.2, 0.25) is 11.2 Å². The Bertz CT molecular complexity index is 425. The molecule has 0 fully saturated rings. The van der Waals surface area contributed by atoms with Crippen molar-refractivity contribution in [2.24, 2.45) is 0 Å². The normalized spacial score (nSPS) is 10.1. The van der Waals surface area contributed by atoms with E-state index in [1.807, 2.05) is 0 Å². The SMILES string of the molecule is Nc1nc(Cl)nc(-c2cncnc2)n1. The van der Waals surface area contributed by atoms with E-state index in [4.69, 9.17) is 17.3 Å². The third kappa shape index (κ3) is 1.74. The van der Waals surface area contributed by atoms with Gasteiger partial charge >= 0.3 is 0 Å². The second-order valence-electron chi connectivity index (χ2n) is 2.41. The third-order valence-electron chi connectivity index (χ3n) is 1.44. The van der Waals surface area contributed by atoms with Crippen molar-refractivity contribution in [1.29, 1.82) is 0 Å². The molecule has 2 aromatic heterocycles. The molecule has 7 heteroatoms. The number of hydrogen-bond donors (Lipinski definition) is 1. The van der Waals surface area contributed by atoms with Crippen LogP contribution in [0.5, 0.6) is 0 Å². The van der Waals surface area contributed by atoms with E-state index < -0.39 is 0 Å². The molecule has 0 bridgehead atoms. The average molecular weight is 209 g/mol. The summed E-state index contributed by atoms with van der Waals surface area (Å²) in [6, 6.07) is 0. The fourth-order valence-electron chi connectivity index (χ4n) is 0.909. The molecule has 2 N–H and O–H groups in total. The number of aromatic nitrogens is 5. The fraction of sp³-hybridized carbons (Fsp3) is 0. The summed E-state index contributed by atoms with van der Waals surface area (Å²) in [4.78, 5) is 19.1. The van der Waals surface area contributed by atoms with Gasteiger partial charge in [0.25, 0.3) is 0 Å². The monoisotopic (exact) mass is 208 g/mol. The van der Waals surface area contributed by atoms with Crippen molar-refractivity contribution in [3.8, 4) is 11.4 Å². The first-order valence-corrected chi connectivity index (χ1v) is 4.06. The minimum absolute atomic E-state index is 0.0522. The zero-order chi connectivity index (χ0) is 9.97. The van der Waals surface area contributed by atoms with Gasteiger partial charge in [0, 0.05) is 12.4 Å². The van der Waals surface area contributed by atoms with Crippen molar-refractivity contribution in [2.45, 2.75) is 0 Å². The summed E-state index contributed by atoms with van der Waals surface area (Å²) in [5.41, 5.74) is 6.05. The summed E-state index contributed by atoms with van der Waals surface area (Å²) in [6.45, 7) is 0. The first kappa shape index (κ1) is 8.76. The largest absolute Gasteiger partial charge is 0.368 e. The summed E-state index contributed by atoms with van der Waals surface area (Å²) in [7, 11) is 0. The quantitative estimate of drug-likeness (QED) is 0.737. The van der Waals surface area contributed by atoms with Crippen LogP contribution in [0.2, 0.25) is 5.28 Å². The zero-order valence-electron chi connectivity index (χ0n) is 6.92. The number of nitrogen functional groups attached to an aromatic ring is 1. The Morgan fingerprint density at radius 3 is 2.43 bits per heavy atom. The summed E-state index contributed by atoms with van der Waals surface area (Å²) in [5, 5.41) is 0.0522. The van der Waals surface area contributed by atoms with Crippen LogP contribution in [0.3, 0.4) is 0 Å². The standard InChI is InChI=1S/C7H5ClN6/c8-6-12-5(13-7(9)14-6)4-1-10-3-11-2-4/h1-3H,(H2,9,12,13,14). The van der Waals surface area contributed by atoms with E-state index in [9.17, 15) is 0 Å². The van der Waals surface area contributed by atoms with Crippen LogP contribution in [-0.4, -0.2) is 24.9 Å². The molecule has 2 heterocycles. The Labute approximate surface area is 84.2 Å². The van der Waals surface area contributed by atoms with E-state index in [0.29, 0.717) is 11.4 Å². The molecule has 0 saturated carbocycles. The molecule has 6 nitrogen and oxygen atoms in total. The van der Waals surface area contributed by atoms with Crippen LogP contribution in [0.1, 0.15) is 0 Å². The molecule has 70 valence electrons. The predicted octanol–water partition coefficient (Wildman–Crippen LogP) is 0.564. The van der Waals surface area contributed by atoms with Gasteiger partial charge in [0.1, 0.15) is 6.33 Å². The average Bonchev–Trinajstić information content (AvgIpc) is 2.18. The molecule has 0 unspecified atom stereocenters. The lowest BCUT2D eigenvalue weighted by atomic mass is 10.3. The van der Waals surface area contributed by atoms with Crippen molar-refractivity contribution >= 4 is 17.5 Å². The van der Waals surface area contributed by atoms with Crippen molar-refractivity contribution in [3.05, 3.63) is 24.0 Å². The van der Waals surface area contributed by atoms with Gasteiger partial charge < -0.3 is 5.73 Å². The van der Waals surface area contributed by atoms with E-state index in [-0.39, 0.29) is 11.2 Å². The number of halogens is 1. The van der Waals surface area contributed by atoms with Gasteiger partial charge in [-0.2, -0.15) is 15.0 Å². The molecule has 0 amide bonds. The van der Waals surface area contributed by atoms with Crippen molar-refractivity contribution in [1.82, 2.24) is 24.9 Å². The number of nitrogens with zero attached hydrogens (tertiary/aromatic N) is 5. The second-order valence-corrected chi connectivity index (χ2v) is 2.75. The molecule has 0 radical (unpaired) electrons. The smallest absolute Gasteiger partial charge is 0.227 e. The van der Waals surface area contributed by atoms with Gasteiger partial charge in [-0.05, 0) is 11.6 Å². The molecule has 0 aliphatic heterocycles. The number of hydrogen-bond acceptors (Lipinski definition) is 6. The number of rotatable bonds is 1. The minimum atomic E-state index is 0.0522. The zero-order valence-corrected chi connectivity index (χ0v) is 7.68. The lowest BCUT2D eigenvalue weighted by Crippen LogP contribution is -2.00. The highest BCUT2D eigenvalue weighted by molar-refractivity contribution is 6.28. The molecule has 0 aliphatic carbocycles. The van der Waals surface area contributed by atoms with E-state index in [2.05, 4.69) is 24.9 Å². The van der Waals surface area contributed by atoms with E-state index in [0.717, 1.165) is 0 Å². The molecule has 14 heavy (non-hydrogen) atoms. The molecular formula is C7H5ClN6. The van der Waals surface area contributed by atoms with Gasteiger partial charge in [-0.3, -0.25) is 0 Å². The molecule has 0 aliphatic rings. The van der Waals surface area contributed by atoms with Gasteiger partial charge in [-0.1, -0.05) is 0 Å².